The molecule has 0 aromatic heterocycles. The summed E-state index contributed by atoms with van der Waals surface area (Å²) < 4.78 is 11.4. The second-order valence-electron chi connectivity index (χ2n) is 6.09. The van der Waals surface area contributed by atoms with Crippen LogP contribution in [0.3, 0.4) is 0 Å². The van der Waals surface area contributed by atoms with Crippen molar-refractivity contribution in [3.63, 3.8) is 0 Å². The Hall–Kier alpha value is -3.12. The van der Waals surface area contributed by atoms with E-state index in [0.29, 0.717) is 37.7 Å². The van der Waals surface area contributed by atoms with Crippen LogP contribution in [0.4, 0.5) is 11.4 Å². The zero-order chi connectivity index (χ0) is 17.9. The van der Waals surface area contributed by atoms with Gasteiger partial charge < -0.3 is 14.4 Å². The van der Waals surface area contributed by atoms with E-state index in [4.69, 9.17) is 9.47 Å². The minimum atomic E-state index is -0.355. The van der Waals surface area contributed by atoms with E-state index < -0.39 is 0 Å². The highest BCUT2D eigenvalue weighted by atomic mass is 16.6. The standard InChI is InChI=1S/C20H18N2O4/c23-22(24)18-9-8-16(14-19(18)21-10-12-25-13-11-21)26-20-7-3-5-15-4-1-2-6-17(15)20/h1-9,14H,10-13H2. The molecule has 26 heavy (non-hydrogen) atoms. The van der Waals surface area contributed by atoms with Crippen molar-refractivity contribution in [3.05, 3.63) is 70.8 Å². The lowest BCUT2D eigenvalue weighted by Gasteiger charge is -2.28. The molecule has 0 atom stereocenters. The summed E-state index contributed by atoms with van der Waals surface area (Å²) in [5, 5.41) is 13.5. The summed E-state index contributed by atoms with van der Waals surface area (Å²) in [6.07, 6.45) is 0. The number of nitro groups is 1. The molecule has 6 heteroatoms. The van der Waals surface area contributed by atoms with Crippen LogP contribution in [-0.4, -0.2) is 31.2 Å². The normalized spacial score (nSPS) is 14.4. The van der Waals surface area contributed by atoms with Gasteiger partial charge in [0, 0.05) is 30.6 Å². The summed E-state index contributed by atoms with van der Waals surface area (Å²) in [5.74, 6) is 1.30. The van der Waals surface area contributed by atoms with E-state index in [9.17, 15) is 10.1 Å². The first kappa shape index (κ1) is 16.4. The Morgan fingerprint density at radius 3 is 2.58 bits per heavy atom. The smallest absolute Gasteiger partial charge is 0.292 e. The summed E-state index contributed by atoms with van der Waals surface area (Å²) in [4.78, 5) is 13.0. The Kier molecular flexibility index (Phi) is 4.41. The van der Waals surface area contributed by atoms with Crippen molar-refractivity contribution in [2.75, 3.05) is 31.2 Å². The van der Waals surface area contributed by atoms with Gasteiger partial charge in [0.05, 0.1) is 18.1 Å². The number of hydrogen-bond donors (Lipinski definition) is 0. The third-order valence-electron chi connectivity index (χ3n) is 4.47. The quantitative estimate of drug-likeness (QED) is 0.516. The minimum Gasteiger partial charge on any atom is -0.457 e. The van der Waals surface area contributed by atoms with Crippen LogP contribution < -0.4 is 9.64 Å². The van der Waals surface area contributed by atoms with Crippen molar-refractivity contribution in [1.29, 1.82) is 0 Å². The van der Waals surface area contributed by atoms with Gasteiger partial charge in [-0.2, -0.15) is 0 Å². The summed E-state index contributed by atoms with van der Waals surface area (Å²) in [6.45, 7) is 2.37. The van der Waals surface area contributed by atoms with Gasteiger partial charge in [-0.25, -0.2) is 0 Å². The van der Waals surface area contributed by atoms with Crippen LogP contribution >= 0.6 is 0 Å². The number of anilines is 1. The van der Waals surface area contributed by atoms with Gasteiger partial charge in [0.15, 0.2) is 0 Å². The van der Waals surface area contributed by atoms with Gasteiger partial charge in [-0.3, -0.25) is 10.1 Å². The first-order valence-corrected chi connectivity index (χ1v) is 8.49. The fourth-order valence-corrected chi connectivity index (χ4v) is 3.19. The zero-order valence-electron chi connectivity index (χ0n) is 14.1. The average Bonchev–Trinajstić information content (AvgIpc) is 2.69. The van der Waals surface area contributed by atoms with E-state index in [1.54, 1.807) is 12.1 Å². The molecule has 3 aromatic rings. The van der Waals surface area contributed by atoms with Crippen molar-refractivity contribution in [3.8, 4) is 11.5 Å². The Morgan fingerprint density at radius 2 is 1.77 bits per heavy atom. The number of ether oxygens (including phenoxy) is 2. The summed E-state index contributed by atoms with van der Waals surface area (Å²) in [6, 6.07) is 18.7. The Morgan fingerprint density at radius 1 is 1.00 bits per heavy atom. The van der Waals surface area contributed by atoms with Gasteiger partial charge in [0.2, 0.25) is 0 Å². The molecule has 0 N–H and O–H groups in total. The molecule has 132 valence electrons. The second-order valence-corrected chi connectivity index (χ2v) is 6.09. The molecule has 0 amide bonds. The number of hydrogen-bond acceptors (Lipinski definition) is 5. The lowest BCUT2D eigenvalue weighted by Crippen LogP contribution is -2.36. The summed E-state index contributed by atoms with van der Waals surface area (Å²) >= 11 is 0. The molecule has 1 fully saturated rings. The maximum absolute atomic E-state index is 11.4. The third-order valence-corrected chi connectivity index (χ3v) is 4.47. The van der Waals surface area contributed by atoms with Crippen molar-refractivity contribution in [2.24, 2.45) is 0 Å². The van der Waals surface area contributed by atoms with Crippen molar-refractivity contribution in [1.82, 2.24) is 0 Å². The van der Waals surface area contributed by atoms with Gasteiger partial charge in [0.25, 0.3) is 5.69 Å². The highest BCUT2D eigenvalue weighted by Gasteiger charge is 2.22. The first-order chi connectivity index (χ1) is 12.7. The number of morpholine rings is 1. The van der Waals surface area contributed by atoms with Crippen LogP contribution in [0.15, 0.2) is 60.7 Å². The molecule has 0 saturated carbocycles. The van der Waals surface area contributed by atoms with E-state index in [1.165, 1.54) is 6.07 Å². The number of rotatable bonds is 4. The molecule has 4 rings (SSSR count). The van der Waals surface area contributed by atoms with Crippen LogP contribution in [0.25, 0.3) is 10.8 Å². The molecule has 0 spiro atoms. The van der Waals surface area contributed by atoms with Gasteiger partial charge in [-0.05, 0) is 17.5 Å². The van der Waals surface area contributed by atoms with Crippen molar-refractivity contribution < 1.29 is 14.4 Å². The fraction of sp³-hybridized carbons (Fsp3) is 0.200. The minimum absolute atomic E-state index is 0.0807. The molecule has 0 aliphatic carbocycles. The van der Waals surface area contributed by atoms with Crippen LogP contribution in [0.1, 0.15) is 0 Å². The van der Waals surface area contributed by atoms with Crippen LogP contribution in [-0.2, 0) is 4.74 Å². The predicted molar refractivity (Wildman–Crippen MR) is 100 cm³/mol. The Labute approximate surface area is 150 Å². The first-order valence-electron chi connectivity index (χ1n) is 8.49. The maximum atomic E-state index is 11.4. The van der Waals surface area contributed by atoms with Crippen LogP contribution in [0.2, 0.25) is 0 Å². The molecule has 1 heterocycles. The van der Waals surface area contributed by atoms with E-state index >= 15 is 0 Å². The largest absolute Gasteiger partial charge is 0.457 e. The highest BCUT2D eigenvalue weighted by Crippen LogP contribution is 2.36. The summed E-state index contributed by atoms with van der Waals surface area (Å²) in [5.41, 5.74) is 0.646. The molecule has 3 aromatic carbocycles. The monoisotopic (exact) mass is 350 g/mol. The van der Waals surface area contributed by atoms with Gasteiger partial charge in [-0.1, -0.05) is 36.4 Å². The molecule has 1 aliphatic heterocycles. The molecule has 0 bridgehead atoms. The van der Waals surface area contributed by atoms with E-state index in [0.717, 1.165) is 16.5 Å². The van der Waals surface area contributed by atoms with Crippen molar-refractivity contribution in [2.45, 2.75) is 0 Å². The van der Waals surface area contributed by atoms with Crippen LogP contribution in [0, 0.1) is 10.1 Å². The number of nitro benzene ring substituents is 1. The fourth-order valence-electron chi connectivity index (χ4n) is 3.19. The maximum Gasteiger partial charge on any atom is 0.292 e. The Bertz CT molecular complexity index is 946. The Balaban J connectivity index is 1.71. The number of nitrogens with zero attached hydrogens (tertiary/aromatic N) is 2. The SMILES string of the molecule is O=[N+]([O-])c1ccc(Oc2cccc3ccccc23)cc1N1CCOCC1. The molecule has 0 unspecified atom stereocenters. The predicted octanol–water partition coefficient (Wildman–Crippen LogP) is 4.38. The topological polar surface area (TPSA) is 64.8 Å². The molecule has 0 radical (unpaired) electrons. The number of fused-ring (bicyclic) bond motifs is 1. The van der Waals surface area contributed by atoms with Gasteiger partial charge >= 0.3 is 0 Å². The molecular weight excluding hydrogens is 332 g/mol. The third kappa shape index (κ3) is 3.19. The van der Waals surface area contributed by atoms with E-state index in [-0.39, 0.29) is 10.6 Å². The van der Waals surface area contributed by atoms with Crippen LogP contribution in [0.5, 0.6) is 11.5 Å². The summed E-state index contributed by atoms with van der Waals surface area (Å²) in [7, 11) is 0. The second kappa shape index (κ2) is 7.01. The van der Waals surface area contributed by atoms with E-state index in [1.807, 2.05) is 47.4 Å². The average molecular weight is 350 g/mol. The molecule has 1 saturated heterocycles. The molecular formula is C20H18N2O4. The van der Waals surface area contributed by atoms with Gasteiger partial charge in [0.1, 0.15) is 17.2 Å². The lowest BCUT2D eigenvalue weighted by atomic mass is 10.1. The molecule has 1 aliphatic rings. The zero-order valence-corrected chi connectivity index (χ0v) is 14.1. The number of benzene rings is 3. The lowest BCUT2D eigenvalue weighted by molar-refractivity contribution is -0.384. The van der Waals surface area contributed by atoms with Crippen molar-refractivity contribution >= 4 is 22.1 Å². The van der Waals surface area contributed by atoms with E-state index in [2.05, 4.69) is 0 Å². The molecule has 6 nitrogen and oxygen atoms in total. The highest BCUT2D eigenvalue weighted by molar-refractivity contribution is 5.88. The van der Waals surface area contributed by atoms with Gasteiger partial charge in [-0.15, -0.1) is 0 Å².